The van der Waals surface area contributed by atoms with Gasteiger partial charge in [-0.15, -0.1) is 10.2 Å². The van der Waals surface area contributed by atoms with Gasteiger partial charge in [0.25, 0.3) is 5.91 Å². The fraction of sp³-hybridized carbons (Fsp3) is 0.263. The number of nitrogens with zero attached hydrogens (tertiary/aromatic N) is 4. The van der Waals surface area contributed by atoms with Crippen molar-refractivity contribution in [3.63, 3.8) is 0 Å². The minimum absolute atomic E-state index is 0.203. The Labute approximate surface area is 157 Å². The number of anilines is 1. The van der Waals surface area contributed by atoms with Crippen molar-refractivity contribution in [2.75, 3.05) is 12.8 Å². The molecule has 140 valence electrons. The van der Waals surface area contributed by atoms with Crippen LogP contribution in [-0.2, 0) is 13.1 Å². The molecule has 0 aliphatic heterocycles. The number of nitrogens with one attached hydrogen (secondary N) is 1. The van der Waals surface area contributed by atoms with Crippen molar-refractivity contribution in [3.8, 4) is 17.0 Å². The largest absolute Gasteiger partial charge is 0.492 e. The second-order valence-corrected chi connectivity index (χ2v) is 5.99. The van der Waals surface area contributed by atoms with E-state index in [1.807, 2.05) is 10.6 Å². The Kier molecular flexibility index (Phi) is 5.65. The first-order valence-electron chi connectivity index (χ1n) is 8.67. The van der Waals surface area contributed by atoms with Gasteiger partial charge in [-0.25, -0.2) is 0 Å². The van der Waals surface area contributed by atoms with Gasteiger partial charge in [0, 0.05) is 23.9 Å². The predicted octanol–water partition coefficient (Wildman–Crippen LogP) is 2.27. The summed E-state index contributed by atoms with van der Waals surface area (Å²) in [4.78, 5) is 16.9. The molecule has 0 fully saturated rings. The highest BCUT2D eigenvalue weighted by Crippen LogP contribution is 2.32. The molecule has 2 aromatic heterocycles. The molecule has 0 aliphatic rings. The first-order valence-corrected chi connectivity index (χ1v) is 8.67. The minimum atomic E-state index is -0.203. The molecule has 8 heteroatoms. The van der Waals surface area contributed by atoms with Crippen LogP contribution in [-0.4, -0.2) is 32.8 Å². The summed E-state index contributed by atoms with van der Waals surface area (Å²) in [5, 5.41) is 10.8. The highest BCUT2D eigenvalue weighted by atomic mass is 16.5. The van der Waals surface area contributed by atoms with Crippen LogP contribution in [0.3, 0.4) is 0 Å². The van der Waals surface area contributed by atoms with Crippen molar-refractivity contribution in [1.82, 2.24) is 25.1 Å². The number of pyridine rings is 1. The highest BCUT2D eigenvalue weighted by Gasteiger charge is 2.14. The number of aromatic nitrogens is 4. The summed E-state index contributed by atoms with van der Waals surface area (Å²) < 4.78 is 7.29. The summed E-state index contributed by atoms with van der Waals surface area (Å²) in [6.45, 7) is 3.20. The molecular formula is C19H22N6O2. The Morgan fingerprint density at radius 3 is 2.96 bits per heavy atom. The van der Waals surface area contributed by atoms with E-state index < -0.39 is 0 Å². The second kappa shape index (κ2) is 8.31. The van der Waals surface area contributed by atoms with Gasteiger partial charge in [-0.1, -0.05) is 19.1 Å². The van der Waals surface area contributed by atoms with Gasteiger partial charge < -0.3 is 20.4 Å². The van der Waals surface area contributed by atoms with E-state index in [-0.39, 0.29) is 5.91 Å². The molecule has 3 aromatic rings. The summed E-state index contributed by atoms with van der Waals surface area (Å²) in [5.41, 5.74) is 8.30. The lowest BCUT2D eigenvalue weighted by Crippen LogP contribution is -2.24. The van der Waals surface area contributed by atoms with Crippen LogP contribution in [0.2, 0.25) is 0 Å². The number of benzene rings is 1. The van der Waals surface area contributed by atoms with Crippen LogP contribution in [0.4, 0.5) is 5.69 Å². The van der Waals surface area contributed by atoms with Gasteiger partial charge >= 0.3 is 0 Å². The Bertz CT molecular complexity index is 937. The molecule has 3 rings (SSSR count). The highest BCUT2D eigenvalue weighted by molar-refractivity contribution is 5.95. The van der Waals surface area contributed by atoms with E-state index in [0.717, 1.165) is 24.4 Å². The molecule has 0 bridgehead atoms. The van der Waals surface area contributed by atoms with Gasteiger partial charge in [0.2, 0.25) is 0 Å². The smallest absolute Gasteiger partial charge is 0.251 e. The summed E-state index contributed by atoms with van der Waals surface area (Å²) >= 11 is 0. The maximum atomic E-state index is 12.6. The monoisotopic (exact) mass is 366 g/mol. The summed E-state index contributed by atoms with van der Waals surface area (Å²) in [6.07, 6.45) is 4.25. The van der Waals surface area contributed by atoms with Crippen LogP contribution in [0.1, 0.15) is 29.5 Å². The van der Waals surface area contributed by atoms with E-state index >= 15 is 0 Å². The lowest BCUT2D eigenvalue weighted by Gasteiger charge is -2.11. The van der Waals surface area contributed by atoms with Crippen LogP contribution in [0.25, 0.3) is 11.3 Å². The number of aryl methyl sites for hydroxylation is 1. The Morgan fingerprint density at radius 1 is 1.33 bits per heavy atom. The maximum Gasteiger partial charge on any atom is 0.251 e. The van der Waals surface area contributed by atoms with Gasteiger partial charge in [-0.2, -0.15) is 0 Å². The van der Waals surface area contributed by atoms with Crippen molar-refractivity contribution in [1.29, 1.82) is 0 Å². The van der Waals surface area contributed by atoms with E-state index in [2.05, 4.69) is 27.4 Å². The third-order valence-corrected chi connectivity index (χ3v) is 4.10. The van der Waals surface area contributed by atoms with Crippen molar-refractivity contribution < 1.29 is 9.53 Å². The van der Waals surface area contributed by atoms with E-state index in [9.17, 15) is 4.79 Å². The normalized spacial score (nSPS) is 10.6. The molecule has 1 amide bonds. The zero-order chi connectivity index (χ0) is 19.2. The molecule has 0 aliphatic carbocycles. The van der Waals surface area contributed by atoms with Crippen LogP contribution < -0.4 is 15.8 Å². The summed E-state index contributed by atoms with van der Waals surface area (Å²) in [7, 11) is 1.54. The third-order valence-electron chi connectivity index (χ3n) is 4.10. The first-order chi connectivity index (χ1) is 13.1. The molecule has 0 saturated heterocycles. The van der Waals surface area contributed by atoms with Gasteiger partial charge in [-0.05, 0) is 24.6 Å². The van der Waals surface area contributed by atoms with E-state index in [4.69, 9.17) is 10.5 Å². The standard InChI is InChI=1S/C19H22N6O2/c1-3-9-25-12-23-24-16(25)11-22-19(26)14-6-4-5-13(10-14)17-18(27-2)15(20)7-8-21-17/h4-8,10,12H,3,9,11H2,1-2H3,(H2,20,21)(H,22,26). The van der Waals surface area contributed by atoms with Crippen molar-refractivity contribution in [2.45, 2.75) is 26.4 Å². The van der Waals surface area contributed by atoms with Gasteiger partial charge in [-0.3, -0.25) is 9.78 Å². The molecule has 0 radical (unpaired) electrons. The zero-order valence-electron chi connectivity index (χ0n) is 15.3. The molecule has 0 unspecified atom stereocenters. The summed E-state index contributed by atoms with van der Waals surface area (Å²) in [6, 6.07) is 8.84. The minimum Gasteiger partial charge on any atom is -0.492 e. The van der Waals surface area contributed by atoms with Crippen molar-refractivity contribution >= 4 is 11.6 Å². The lowest BCUT2D eigenvalue weighted by atomic mass is 10.1. The first kappa shape index (κ1) is 18.4. The SMILES string of the molecule is CCCn1cnnc1CNC(=O)c1cccc(-c2nccc(N)c2OC)c1. The van der Waals surface area contributed by atoms with Gasteiger partial charge in [0.15, 0.2) is 11.6 Å². The zero-order valence-corrected chi connectivity index (χ0v) is 15.3. The molecule has 0 atom stereocenters. The number of nitrogen functional groups attached to an aromatic ring is 1. The Morgan fingerprint density at radius 2 is 2.19 bits per heavy atom. The van der Waals surface area contributed by atoms with E-state index in [1.54, 1.807) is 43.9 Å². The molecule has 27 heavy (non-hydrogen) atoms. The Hall–Kier alpha value is -3.42. The number of carbonyl (C=O) groups excluding carboxylic acids is 1. The van der Waals surface area contributed by atoms with Crippen molar-refractivity contribution in [2.24, 2.45) is 0 Å². The summed E-state index contributed by atoms with van der Waals surface area (Å²) in [5.74, 6) is 1.01. The molecular weight excluding hydrogens is 344 g/mol. The molecule has 2 heterocycles. The van der Waals surface area contributed by atoms with Crippen molar-refractivity contribution in [3.05, 3.63) is 54.2 Å². The second-order valence-electron chi connectivity index (χ2n) is 5.99. The topological polar surface area (TPSA) is 108 Å². The Balaban J connectivity index is 1.78. The maximum absolute atomic E-state index is 12.6. The van der Waals surface area contributed by atoms with E-state index in [1.165, 1.54) is 0 Å². The van der Waals surface area contributed by atoms with E-state index in [0.29, 0.717) is 29.2 Å². The number of carbonyl (C=O) groups is 1. The van der Waals surface area contributed by atoms with Gasteiger partial charge in [0.1, 0.15) is 12.0 Å². The van der Waals surface area contributed by atoms with Crippen LogP contribution in [0.15, 0.2) is 42.9 Å². The number of amides is 1. The fourth-order valence-corrected chi connectivity index (χ4v) is 2.80. The number of nitrogens with two attached hydrogens (primary N) is 1. The molecule has 0 spiro atoms. The number of methoxy groups -OCH3 is 1. The van der Waals surface area contributed by atoms with Crippen LogP contribution >= 0.6 is 0 Å². The number of hydrogen-bond donors (Lipinski definition) is 2. The number of rotatable bonds is 7. The van der Waals surface area contributed by atoms with Crippen LogP contribution in [0.5, 0.6) is 5.75 Å². The van der Waals surface area contributed by atoms with Gasteiger partial charge in [0.05, 0.1) is 19.3 Å². The number of ether oxygens (including phenoxy) is 1. The average molecular weight is 366 g/mol. The molecule has 0 saturated carbocycles. The average Bonchev–Trinajstić information content (AvgIpc) is 3.13. The lowest BCUT2D eigenvalue weighted by molar-refractivity contribution is 0.0949. The molecule has 1 aromatic carbocycles. The predicted molar refractivity (Wildman–Crippen MR) is 102 cm³/mol. The number of hydrogen-bond acceptors (Lipinski definition) is 6. The fourth-order valence-electron chi connectivity index (χ4n) is 2.80. The van der Waals surface area contributed by atoms with Crippen LogP contribution in [0, 0.1) is 0 Å². The third kappa shape index (κ3) is 4.05. The molecule has 3 N–H and O–H groups in total. The molecule has 8 nitrogen and oxygen atoms in total. The quantitative estimate of drug-likeness (QED) is 0.664.